The Morgan fingerprint density at radius 2 is 2.38 bits per heavy atom. The van der Waals surface area contributed by atoms with Gasteiger partial charge in [0.05, 0.1) is 5.75 Å². The summed E-state index contributed by atoms with van der Waals surface area (Å²) in [6, 6.07) is 0. The lowest BCUT2D eigenvalue weighted by Crippen LogP contribution is -2.22. The zero-order chi connectivity index (χ0) is 10.1. The van der Waals surface area contributed by atoms with Crippen LogP contribution in [0.5, 0.6) is 0 Å². The predicted octanol–water partition coefficient (Wildman–Crippen LogP) is -0.739. The summed E-state index contributed by atoms with van der Waals surface area (Å²) in [5.41, 5.74) is -0.131. The minimum Gasteiger partial charge on any atom is -0.477 e. The highest BCUT2D eigenvalue weighted by Gasteiger charge is 2.28. The highest BCUT2D eigenvalue weighted by Crippen LogP contribution is 2.12. The molecule has 74 valence electrons. The van der Waals surface area contributed by atoms with E-state index in [1.807, 2.05) is 0 Å². The van der Waals surface area contributed by atoms with E-state index in [1.54, 1.807) is 0 Å². The quantitative estimate of drug-likeness (QED) is 0.658. The van der Waals surface area contributed by atoms with Crippen molar-refractivity contribution in [1.82, 2.24) is 0 Å². The van der Waals surface area contributed by atoms with Crippen molar-refractivity contribution in [2.75, 3.05) is 12.0 Å². The number of hydrogen-bond acceptors (Lipinski definition) is 5. The Kier molecular flexibility index (Phi) is 2.55. The number of carboxylic acid groups (broad SMARTS) is 1. The number of oxime groups is 1. The standard InChI is InChI=1S/C6H9NO5S/c1-13(10,11)3-4-2-5(6(8)9)7-12-4/h4H,2-3H2,1H3,(H,8,9)/t4-/m1/s1. The fraction of sp³-hybridized carbons (Fsp3) is 0.667. The molecule has 1 aliphatic heterocycles. The van der Waals surface area contributed by atoms with Crippen molar-refractivity contribution >= 4 is 21.5 Å². The van der Waals surface area contributed by atoms with Crippen LogP contribution in [-0.4, -0.2) is 43.3 Å². The predicted molar refractivity (Wildman–Crippen MR) is 44.3 cm³/mol. The van der Waals surface area contributed by atoms with E-state index in [-0.39, 0.29) is 17.9 Å². The highest BCUT2D eigenvalue weighted by atomic mass is 32.2. The molecule has 1 aliphatic rings. The Hall–Kier alpha value is -1.11. The average molecular weight is 207 g/mol. The molecule has 0 spiro atoms. The molecule has 0 aromatic rings. The summed E-state index contributed by atoms with van der Waals surface area (Å²) < 4.78 is 21.6. The van der Waals surface area contributed by atoms with Crippen LogP contribution in [0.25, 0.3) is 0 Å². The first-order valence-electron chi connectivity index (χ1n) is 3.52. The molecule has 0 bridgehead atoms. The van der Waals surface area contributed by atoms with E-state index in [2.05, 4.69) is 9.99 Å². The summed E-state index contributed by atoms with van der Waals surface area (Å²) in [6.45, 7) is 0. The van der Waals surface area contributed by atoms with Crippen LogP contribution in [0.15, 0.2) is 5.16 Å². The molecule has 1 heterocycles. The van der Waals surface area contributed by atoms with Crippen molar-refractivity contribution in [1.29, 1.82) is 0 Å². The molecular weight excluding hydrogens is 198 g/mol. The Bertz CT molecular complexity index is 344. The van der Waals surface area contributed by atoms with Crippen LogP contribution in [0.1, 0.15) is 6.42 Å². The molecular formula is C6H9NO5S. The average Bonchev–Trinajstić information content (AvgIpc) is 2.31. The van der Waals surface area contributed by atoms with Gasteiger partial charge in [-0.15, -0.1) is 0 Å². The van der Waals surface area contributed by atoms with E-state index in [0.29, 0.717) is 0 Å². The molecule has 0 radical (unpaired) electrons. The number of hydrogen-bond donors (Lipinski definition) is 1. The van der Waals surface area contributed by atoms with Crippen molar-refractivity contribution < 1.29 is 23.2 Å². The molecule has 0 saturated carbocycles. The van der Waals surface area contributed by atoms with E-state index < -0.39 is 21.9 Å². The van der Waals surface area contributed by atoms with Crippen LogP contribution in [0.4, 0.5) is 0 Å². The number of carbonyl (C=O) groups is 1. The normalized spacial score (nSPS) is 22.2. The van der Waals surface area contributed by atoms with Crippen LogP contribution in [0, 0.1) is 0 Å². The van der Waals surface area contributed by atoms with Crippen molar-refractivity contribution in [3.05, 3.63) is 0 Å². The maximum atomic E-state index is 10.8. The summed E-state index contributed by atoms with van der Waals surface area (Å²) in [5, 5.41) is 11.7. The monoisotopic (exact) mass is 207 g/mol. The number of nitrogens with zero attached hydrogens (tertiary/aromatic N) is 1. The third-order valence-corrected chi connectivity index (χ3v) is 2.45. The number of carboxylic acids is 1. The molecule has 0 aromatic carbocycles. The van der Waals surface area contributed by atoms with Gasteiger partial charge in [0, 0.05) is 12.7 Å². The van der Waals surface area contributed by atoms with Gasteiger partial charge < -0.3 is 9.94 Å². The van der Waals surface area contributed by atoms with Gasteiger partial charge in [0.25, 0.3) is 0 Å². The lowest BCUT2D eigenvalue weighted by atomic mass is 10.2. The molecule has 0 amide bonds. The Morgan fingerprint density at radius 1 is 1.77 bits per heavy atom. The summed E-state index contributed by atoms with van der Waals surface area (Å²) in [5.74, 6) is -1.37. The first kappa shape index (κ1) is 9.97. The van der Waals surface area contributed by atoms with Gasteiger partial charge in [0.2, 0.25) is 0 Å². The summed E-state index contributed by atoms with van der Waals surface area (Å²) >= 11 is 0. The summed E-state index contributed by atoms with van der Waals surface area (Å²) in [7, 11) is -3.15. The first-order chi connectivity index (χ1) is 5.88. The van der Waals surface area contributed by atoms with Gasteiger partial charge in [-0.25, -0.2) is 13.2 Å². The molecule has 6 nitrogen and oxygen atoms in total. The largest absolute Gasteiger partial charge is 0.477 e. The molecule has 0 unspecified atom stereocenters. The van der Waals surface area contributed by atoms with Gasteiger partial charge in [-0.05, 0) is 0 Å². The Labute approximate surface area is 75.1 Å². The molecule has 13 heavy (non-hydrogen) atoms. The third-order valence-electron chi connectivity index (χ3n) is 1.47. The second kappa shape index (κ2) is 3.33. The van der Waals surface area contributed by atoms with Gasteiger partial charge in [0.1, 0.15) is 6.10 Å². The SMILES string of the molecule is CS(=O)(=O)C[C@H]1CC(C(=O)O)=NO1. The molecule has 1 N–H and O–H groups in total. The van der Waals surface area contributed by atoms with E-state index in [0.717, 1.165) is 6.26 Å². The maximum absolute atomic E-state index is 10.8. The minimum atomic E-state index is -3.15. The van der Waals surface area contributed by atoms with Crippen LogP contribution in [0.2, 0.25) is 0 Å². The number of sulfone groups is 1. The van der Waals surface area contributed by atoms with Gasteiger partial charge in [-0.2, -0.15) is 0 Å². The fourth-order valence-corrected chi connectivity index (χ4v) is 1.84. The molecule has 0 aromatic heterocycles. The lowest BCUT2D eigenvalue weighted by Gasteiger charge is -2.04. The second-order valence-corrected chi connectivity index (χ2v) is 5.05. The van der Waals surface area contributed by atoms with Gasteiger partial charge in [0.15, 0.2) is 15.5 Å². The molecule has 7 heteroatoms. The molecule has 1 atom stereocenters. The van der Waals surface area contributed by atoms with Gasteiger partial charge >= 0.3 is 5.97 Å². The van der Waals surface area contributed by atoms with Crippen molar-refractivity contribution in [2.45, 2.75) is 12.5 Å². The van der Waals surface area contributed by atoms with Crippen molar-refractivity contribution in [3.63, 3.8) is 0 Å². The fourth-order valence-electron chi connectivity index (χ4n) is 0.982. The van der Waals surface area contributed by atoms with Crippen LogP contribution >= 0.6 is 0 Å². The third kappa shape index (κ3) is 3.02. The second-order valence-electron chi connectivity index (χ2n) is 2.87. The Balaban J connectivity index is 2.52. The molecule has 0 aliphatic carbocycles. The van der Waals surface area contributed by atoms with Crippen molar-refractivity contribution in [2.24, 2.45) is 5.16 Å². The summed E-state index contributed by atoms with van der Waals surface area (Å²) in [6.07, 6.45) is 0.457. The van der Waals surface area contributed by atoms with E-state index in [4.69, 9.17) is 5.11 Å². The van der Waals surface area contributed by atoms with Gasteiger partial charge in [-0.1, -0.05) is 5.16 Å². The minimum absolute atomic E-state index is 0.0441. The van der Waals surface area contributed by atoms with Gasteiger partial charge in [-0.3, -0.25) is 0 Å². The van der Waals surface area contributed by atoms with Crippen LogP contribution in [0.3, 0.4) is 0 Å². The smallest absolute Gasteiger partial charge is 0.353 e. The zero-order valence-corrected chi connectivity index (χ0v) is 7.74. The molecule has 0 saturated heterocycles. The summed E-state index contributed by atoms with van der Waals surface area (Å²) in [4.78, 5) is 15.0. The lowest BCUT2D eigenvalue weighted by molar-refractivity contribution is -0.129. The number of rotatable bonds is 3. The zero-order valence-electron chi connectivity index (χ0n) is 6.93. The van der Waals surface area contributed by atoms with Crippen LogP contribution < -0.4 is 0 Å². The van der Waals surface area contributed by atoms with E-state index >= 15 is 0 Å². The topological polar surface area (TPSA) is 93.0 Å². The van der Waals surface area contributed by atoms with E-state index in [1.165, 1.54) is 0 Å². The first-order valence-corrected chi connectivity index (χ1v) is 5.58. The number of aliphatic carboxylic acids is 1. The van der Waals surface area contributed by atoms with Crippen molar-refractivity contribution in [3.8, 4) is 0 Å². The highest BCUT2D eigenvalue weighted by molar-refractivity contribution is 7.90. The van der Waals surface area contributed by atoms with E-state index in [9.17, 15) is 13.2 Å². The Morgan fingerprint density at radius 3 is 2.77 bits per heavy atom. The maximum Gasteiger partial charge on any atom is 0.353 e. The molecule has 1 rings (SSSR count). The van der Waals surface area contributed by atoms with Crippen LogP contribution in [-0.2, 0) is 19.5 Å². The molecule has 0 fully saturated rings.